The third-order valence-electron chi connectivity index (χ3n) is 3.65. The number of ether oxygens (including phenoxy) is 1. The third-order valence-corrected chi connectivity index (χ3v) is 3.65. The van der Waals surface area contributed by atoms with Crippen molar-refractivity contribution < 1.29 is 9.53 Å². The number of piperazine rings is 1. The Morgan fingerprint density at radius 3 is 2.59 bits per heavy atom. The average Bonchev–Trinajstić information content (AvgIpc) is 2.55. The minimum atomic E-state index is -0.406. The molecule has 2 unspecified atom stereocenters. The predicted molar refractivity (Wildman–Crippen MR) is 67.0 cm³/mol. The Hall–Kier alpha value is -0.770. The quantitative estimate of drug-likeness (QED) is 0.650. The summed E-state index contributed by atoms with van der Waals surface area (Å²) in [6, 6.07) is 0.345. The van der Waals surface area contributed by atoms with Crippen molar-refractivity contribution in [1.82, 2.24) is 9.80 Å². The Kier molecular flexibility index (Phi) is 2.89. The van der Waals surface area contributed by atoms with Crippen LogP contribution in [0, 0.1) is 0 Å². The number of hydrogen-bond acceptors (Lipinski definition) is 3. The Morgan fingerprint density at radius 2 is 2.00 bits per heavy atom. The molecule has 2 aliphatic rings. The van der Waals surface area contributed by atoms with Crippen LogP contribution < -0.4 is 0 Å². The van der Waals surface area contributed by atoms with Gasteiger partial charge in [-0.25, -0.2) is 4.79 Å². The van der Waals surface area contributed by atoms with Crippen molar-refractivity contribution in [1.29, 1.82) is 0 Å². The van der Waals surface area contributed by atoms with Crippen LogP contribution in [0.25, 0.3) is 0 Å². The van der Waals surface area contributed by atoms with Crippen LogP contribution in [-0.2, 0) is 4.74 Å². The van der Waals surface area contributed by atoms with E-state index < -0.39 is 5.60 Å². The van der Waals surface area contributed by atoms with Crippen LogP contribution in [-0.4, -0.2) is 52.7 Å². The van der Waals surface area contributed by atoms with Gasteiger partial charge in [-0.1, -0.05) is 0 Å². The maximum absolute atomic E-state index is 12.2. The van der Waals surface area contributed by atoms with Gasteiger partial charge in [0.05, 0.1) is 0 Å². The van der Waals surface area contributed by atoms with E-state index in [2.05, 4.69) is 18.7 Å². The van der Waals surface area contributed by atoms with Crippen LogP contribution in [0.4, 0.5) is 4.79 Å². The smallest absolute Gasteiger partial charge is 0.410 e. The maximum Gasteiger partial charge on any atom is 0.410 e. The number of rotatable bonds is 0. The second-order valence-electron chi connectivity index (χ2n) is 6.81. The van der Waals surface area contributed by atoms with Gasteiger partial charge in [0, 0.05) is 31.2 Å². The SMILES string of the molecule is CC(C)(C)OC(=O)N1CC(C)(C)N2CCC1C2. The molecule has 0 aromatic heterocycles. The lowest BCUT2D eigenvalue weighted by Crippen LogP contribution is -2.60. The van der Waals surface area contributed by atoms with Gasteiger partial charge < -0.3 is 9.64 Å². The highest BCUT2D eigenvalue weighted by Gasteiger charge is 2.45. The predicted octanol–water partition coefficient (Wildman–Crippen LogP) is 2.09. The van der Waals surface area contributed by atoms with E-state index in [1.807, 2.05) is 25.7 Å². The van der Waals surface area contributed by atoms with Crippen molar-refractivity contribution >= 4 is 6.09 Å². The molecule has 4 nitrogen and oxygen atoms in total. The minimum Gasteiger partial charge on any atom is -0.444 e. The zero-order chi connectivity index (χ0) is 12.8. The van der Waals surface area contributed by atoms with Crippen molar-refractivity contribution in [3.05, 3.63) is 0 Å². The van der Waals surface area contributed by atoms with E-state index >= 15 is 0 Å². The van der Waals surface area contributed by atoms with Crippen molar-refractivity contribution in [2.45, 2.75) is 58.2 Å². The van der Waals surface area contributed by atoms with Gasteiger partial charge in [0.1, 0.15) is 5.60 Å². The summed E-state index contributed by atoms with van der Waals surface area (Å²) in [5.41, 5.74) is -0.332. The zero-order valence-corrected chi connectivity index (χ0v) is 11.6. The summed E-state index contributed by atoms with van der Waals surface area (Å²) in [6.07, 6.45) is 0.917. The molecule has 0 saturated carbocycles. The van der Waals surface area contributed by atoms with Crippen LogP contribution >= 0.6 is 0 Å². The molecular formula is C13H24N2O2. The first-order valence-corrected chi connectivity index (χ1v) is 6.44. The zero-order valence-electron chi connectivity index (χ0n) is 11.6. The third kappa shape index (κ3) is 2.57. The summed E-state index contributed by atoms with van der Waals surface area (Å²) in [4.78, 5) is 16.6. The molecular weight excluding hydrogens is 216 g/mol. The molecule has 2 fully saturated rings. The lowest BCUT2D eigenvalue weighted by Gasteiger charge is -2.45. The summed E-state index contributed by atoms with van der Waals surface area (Å²) in [7, 11) is 0. The van der Waals surface area contributed by atoms with Gasteiger partial charge in [-0.15, -0.1) is 0 Å². The molecule has 2 saturated heterocycles. The average molecular weight is 240 g/mol. The molecule has 0 aromatic rings. The molecule has 2 aliphatic heterocycles. The van der Waals surface area contributed by atoms with Gasteiger partial charge in [0.15, 0.2) is 0 Å². The van der Waals surface area contributed by atoms with Crippen molar-refractivity contribution in [2.75, 3.05) is 19.6 Å². The van der Waals surface area contributed by atoms with Crippen LogP contribution in [0.5, 0.6) is 0 Å². The van der Waals surface area contributed by atoms with Gasteiger partial charge in [0.25, 0.3) is 0 Å². The molecule has 1 amide bonds. The maximum atomic E-state index is 12.2. The number of carbonyl (C=O) groups excluding carboxylic acids is 1. The van der Waals surface area contributed by atoms with E-state index in [0.29, 0.717) is 6.04 Å². The van der Waals surface area contributed by atoms with E-state index in [9.17, 15) is 4.79 Å². The van der Waals surface area contributed by atoms with Crippen molar-refractivity contribution in [3.8, 4) is 0 Å². The first kappa shape index (κ1) is 12.7. The second-order valence-corrected chi connectivity index (χ2v) is 6.81. The highest BCUT2D eigenvalue weighted by molar-refractivity contribution is 5.69. The van der Waals surface area contributed by atoms with Gasteiger partial charge in [-0.2, -0.15) is 0 Å². The fourth-order valence-electron chi connectivity index (χ4n) is 2.73. The van der Waals surface area contributed by atoms with E-state index in [1.165, 1.54) is 0 Å². The lowest BCUT2D eigenvalue weighted by atomic mass is 9.99. The number of carbonyl (C=O) groups is 1. The van der Waals surface area contributed by atoms with E-state index in [1.54, 1.807) is 0 Å². The number of fused-ring (bicyclic) bond motifs is 2. The topological polar surface area (TPSA) is 32.8 Å². The summed E-state index contributed by atoms with van der Waals surface area (Å²) in [5, 5.41) is 0. The molecule has 2 rings (SSSR count). The first-order valence-electron chi connectivity index (χ1n) is 6.44. The molecule has 0 aliphatic carbocycles. The Bertz CT molecular complexity index is 320. The molecule has 2 bridgehead atoms. The minimum absolute atomic E-state index is 0.0733. The van der Waals surface area contributed by atoms with Crippen molar-refractivity contribution in [2.24, 2.45) is 0 Å². The number of hydrogen-bond donors (Lipinski definition) is 0. The van der Waals surface area contributed by atoms with Gasteiger partial charge in [-0.05, 0) is 41.0 Å². The molecule has 2 heterocycles. The fourth-order valence-corrected chi connectivity index (χ4v) is 2.73. The summed E-state index contributed by atoms with van der Waals surface area (Å²) in [6.45, 7) is 13.0. The van der Waals surface area contributed by atoms with Crippen LogP contribution in [0.1, 0.15) is 41.0 Å². The first-order chi connectivity index (χ1) is 7.69. The second kappa shape index (κ2) is 3.87. The van der Waals surface area contributed by atoms with Crippen LogP contribution in [0.2, 0.25) is 0 Å². The number of nitrogens with zero attached hydrogens (tertiary/aromatic N) is 2. The van der Waals surface area contributed by atoms with Crippen molar-refractivity contribution in [3.63, 3.8) is 0 Å². The number of amides is 1. The Labute approximate surface area is 104 Å². The monoisotopic (exact) mass is 240 g/mol. The molecule has 0 spiro atoms. The summed E-state index contributed by atoms with van der Waals surface area (Å²) in [5.74, 6) is 0. The van der Waals surface area contributed by atoms with E-state index in [0.717, 1.165) is 26.1 Å². The highest BCUT2D eigenvalue weighted by Crippen LogP contribution is 2.32. The summed E-state index contributed by atoms with van der Waals surface area (Å²) < 4.78 is 5.49. The van der Waals surface area contributed by atoms with Gasteiger partial charge in [0.2, 0.25) is 0 Å². The molecule has 98 valence electrons. The normalized spacial score (nSPS) is 31.5. The summed E-state index contributed by atoms with van der Waals surface area (Å²) >= 11 is 0. The molecule has 17 heavy (non-hydrogen) atoms. The highest BCUT2D eigenvalue weighted by atomic mass is 16.6. The van der Waals surface area contributed by atoms with E-state index in [4.69, 9.17) is 4.74 Å². The van der Waals surface area contributed by atoms with Crippen LogP contribution in [0.3, 0.4) is 0 Å². The van der Waals surface area contributed by atoms with Gasteiger partial charge in [-0.3, -0.25) is 4.90 Å². The Balaban J connectivity index is 2.08. The fraction of sp³-hybridized carbons (Fsp3) is 0.923. The molecule has 0 N–H and O–H groups in total. The van der Waals surface area contributed by atoms with Gasteiger partial charge >= 0.3 is 6.09 Å². The largest absolute Gasteiger partial charge is 0.444 e. The van der Waals surface area contributed by atoms with Crippen LogP contribution in [0.15, 0.2) is 0 Å². The van der Waals surface area contributed by atoms with E-state index in [-0.39, 0.29) is 11.6 Å². The Morgan fingerprint density at radius 1 is 1.35 bits per heavy atom. The molecule has 0 aromatic carbocycles. The standard InChI is InChI=1S/C13H24N2O2/c1-12(2,3)17-11(16)15-9-13(4,5)14-7-6-10(15)8-14/h10H,6-9H2,1-5H3. The molecule has 4 heteroatoms. The lowest BCUT2D eigenvalue weighted by molar-refractivity contribution is -0.0124. The molecule has 2 atom stereocenters. The molecule has 0 radical (unpaired) electrons.